The van der Waals surface area contributed by atoms with E-state index in [0.29, 0.717) is 10.6 Å². The van der Waals surface area contributed by atoms with Crippen LogP contribution in [-0.2, 0) is 0 Å². The number of halogens is 2. The molecule has 0 spiro atoms. The number of nitrogens with one attached hydrogen (secondary N) is 1. The van der Waals surface area contributed by atoms with Crippen LogP contribution in [0.25, 0.3) is 0 Å². The van der Waals surface area contributed by atoms with Gasteiger partial charge in [0.15, 0.2) is 0 Å². The van der Waals surface area contributed by atoms with E-state index in [4.69, 9.17) is 11.6 Å². The van der Waals surface area contributed by atoms with E-state index in [1.807, 2.05) is 12.1 Å². The molecule has 0 saturated heterocycles. The van der Waals surface area contributed by atoms with E-state index in [1.54, 1.807) is 12.1 Å². The maximum atomic E-state index is 11.9. The first-order valence-corrected chi connectivity index (χ1v) is 6.80. The normalized spacial score (nSPS) is 12.2. The quantitative estimate of drug-likeness (QED) is 0.827. The Morgan fingerprint density at radius 3 is 2.75 bits per heavy atom. The first kappa shape index (κ1) is 13.5. The van der Waals surface area contributed by atoms with Crippen LogP contribution in [0.5, 0.6) is 0 Å². The molecule has 0 saturated carbocycles. The van der Waals surface area contributed by atoms with Crippen molar-refractivity contribution in [1.29, 1.82) is 0 Å². The predicted molar refractivity (Wildman–Crippen MR) is 71.4 cm³/mol. The molecular weight excluding hydrogens is 289 g/mol. The molecule has 1 rings (SSSR count). The highest BCUT2D eigenvalue weighted by Gasteiger charge is 2.13. The van der Waals surface area contributed by atoms with E-state index in [-0.39, 0.29) is 11.9 Å². The number of rotatable bonds is 5. The zero-order valence-electron chi connectivity index (χ0n) is 9.17. The molecule has 0 aliphatic rings. The van der Waals surface area contributed by atoms with Crippen LogP contribution < -0.4 is 5.32 Å². The van der Waals surface area contributed by atoms with Gasteiger partial charge in [-0.25, -0.2) is 0 Å². The maximum Gasteiger partial charge on any atom is 0.253 e. The van der Waals surface area contributed by atoms with Gasteiger partial charge in [-0.1, -0.05) is 46.6 Å². The fourth-order valence-electron chi connectivity index (χ4n) is 1.42. The van der Waals surface area contributed by atoms with Crippen molar-refractivity contribution >= 4 is 33.4 Å². The lowest BCUT2D eigenvalue weighted by atomic mass is 10.1. The molecule has 16 heavy (non-hydrogen) atoms. The smallest absolute Gasteiger partial charge is 0.253 e. The van der Waals surface area contributed by atoms with Crippen molar-refractivity contribution < 1.29 is 4.79 Å². The second-order valence-corrected chi connectivity index (χ2v) is 4.74. The third-order valence-corrected chi connectivity index (χ3v) is 3.19. The van der Waals surface area contributed by atoms with E-state index in [0.717, 1.165) is 18.2 Å². The van der Waals surface area contributed by atoms with Gasteiger partial charge in [0.2, 0.25) is 0 Å². The fraction of sp³-hybridized carbons (Fsp3) is 0.417. The van der Waals surface area contributed by atoms with Gasteiger partial charge in [-0.3, -0.25) is 4.79 Å². The van der Waals surface area contributed by atoms with Gasteiger partial charge in [0.05, 0.1) is 10.6 Å². The third kappa shape index (κ3) is 3.80. The molecule has 1 amide bonds. The van der Waals surface area contributed by atoms with Crippen LogP contribution in [0.2, 0.25) is 5.02 Å². The highest BCUT2D eigenvalue weighted by molar-refractivity contribution is 9.09. The van der Waals surface area contributed by atoms with E-state index < -0.39 is 0 Å². The number of carbonyl (C=O) groups excluding carboxylic acids is 1. The predicted octanol–water partition coefficient (Wildman–Crippen LogP) is 3.63. The number of hydrogen-bond acceptors (Lipinski definition) is 1. The average molecular weight is 305 g/mol. The van der Waals surface area contributed by atoms with Gasteiger partial charge < -0.3 is 5.32 Å². The van der Waals surface area contributed by atoms with Gasteiger partial charge in [-0.2, -0.15) is 0 Å². The molecule has 1 aromatic rings. The van der Waals surface area contributed by atoms with Gasteiger partial charge >= 0.3 is 0 Å². The summed E-state index contributed by atoms with van der Waals surface area (Å²) >= 11 is 9.33. The second kappa shape index (κ2) is 6.92. The summed E-state index contributed by atoms with van der Waals surface area (Å²) in [6.45, 7) is 2.06. The molecule has 0 heterocycles. The Kier molecular flexibility index (Phi) is 5.85. The largest absolute Gasteiger partial charge is 0.349 e. The summed E-state index contributed by atoms with van der Waals surface area (Å²) in [5.74, 6) is -0.0987. The zero-order valence-corrected chi connectivity index (χ0v) is 11.5. The summed E-state index contributed by atoms with van der Waals surface area (Å²) in [6, 6.07) is 7.28. The summed E-state index contributed by atoms with van der Waals surface area (Å²) in [7, 11) is 0. The van der Waals surface area contributed by atoms with Gasteiger partial charge in [0.1, 0.15) is 0 Å². The maximum absolute atomic E-state index is 11.9. The molecule has 0 aromatic heterocycles. The van der Waals surface area contributed by atoms with E-state index in [9.17, 15) is 4.79 Å². The SMILES string of the molecule is CCC(CCBr)NC(=O)c1ccccc1Cl. The van der Waals surface area contributed by atoms with Crippen LogP contribution in [0.3, 0.4) is 0 Å². The minimum atomic E-state index is -0.0987. The molecule has 0 radical (unpaired) electrons. The van der Waals surface area contributed by atoms with Crippen molar-refractivity contribution in [2.75, 3.05) is 5.33 Å². The summed E-state index contributed by atoms with van der Waals surface area (Å²) in [6.07, 6.45) is 1.84. The summed E-state index contributed by atoms with van der Waals surface area (Å²) in [5.41, 5.74) is 0.539. The molecule has 1 aromatic carbocycles. The van der Waals surface area contributed by atoms with Crippen molar-refractivity contribution in [3.63, 3.8) is 0 Å². The van der Waals surface area contributed by atoms with Crippen LogP contribution >= 0.6 is 27.5 Å². The van der Waals surface area contributed by atoms with Crippen LogP contribution in [-0.4, -0.2) is 17.3 Å². The standard InChI is InChI=1S/C12H15BrClNO/c1-2-9(7-8-13)15-12(16)10-5-3-4-6-11(10)14/h3-6,9H,2,7-8H2,1H3,(H,15,16). The highest BCUT2D eigenvalue weighted by atomic mass is 79.9. The van der Waals surface area contributed by atoms with Crippen molar-refractivity contribution in [3.8, 4) is 0 Å². The lowest BCUT2D eigenvalue weighted by Crippen LogP contribution is -2.34. The second-order valence-electron chi connectivity index (χ2n) is 3.54. The third-order valence-electron chi connectivity index (χ3n) is 2.40. The minimum absolute atomic E-state index is 0.0987. The van der Waals surface area contributed by atoms with E-state index in [1.165, 1.54) is 0 Å². The Labute approximate surface area is 110 Å². The first-order chi connectivity index (χ1) is 7.69. The molecule has 1 atom stereocenters. The minimum Gasteiger partial charge on any atom is -0.349 e. The molecule has 4 heteroatoms. The monoisotopic (exact) mass is 303 g/mol. The molecule has 1 unspecified atom stereocenters. The summed E-state index contributed by atoms with van der Waals surface area (Å²) in [5, 5.41) is 4.35. The van der Waals surface area contributed by atoms with Crippen LogP contribution in [0.4, 0.5) is 0 Å². The van der Waals surface area contributed by atoms with Gasteiger partial charge in [0.25, 0.3) is 5.91 Å². The molecule has 1 N–H and O–H groups in total. The number of benzene rings is 1. The first-order valence-electron chi connectivity index (χ1n) is 5.30. The van der Waals surface area contributed by atoms with E-state index >= 15 is 0 Å². The van der Waals surface area contributed by atoms with Gasteiger partial charge in [0, 0.05) is 11.4 Å². The Balaban J connectivity index is 2.68. The number of carbonyl (C=O) groups is 1. The average Bonchev–Trinajstić information content (AvgIpc) is 2.28. The lowest BCUT2D eigenvalue weighted by molar-refractivity contribution is 0.0935. The lowest BCUT2D eigenvalue weighted by Gasteiger charge is -2.16. The fourth-order valence-corrected chi connectivity index (χ4v) is 2.19. The molecule has 0 fully saturated rings. The van der Waals surface area contributed by atoms with Crippen LogP contribution in [0.1, 0.15) is 30.1 Å². The Bertz CT molecular complexity index is 357. The molecular formula is C12H15BrClNO. The van der Waals surface area contributed by atoms with Gasteiger partial charge in [-0.05, 0) is 25.0 Å². The molecule has 0 bridgehead atoms. The topological polar surface area (TPSA) is 29.1 Å². The van der Waals surface area contributed by atoms with Gasteiger partial charge in [-0.15, -0.1) is 0 Å². The van der Waals surface area contributed by atoms with Crippen molar-refractivity contribution in [2.24, 2.45) is 0 Å². The number of alkyl halides is 1. The molecule has 0 aliphatic carbocycles. The Morgan fingerprint density at radius 2 is 2.19 bits per heavy atom. The molecule has 2 nitrogen and oxygen atoms in total. The number of hydrogen-bond donors (Lipinski definition) is 1. The van der Waals surface area contributed by atoms with Crippen molar-refractivity contribution in [1.82, 2.24) is 5.32 Å². The molecule has 88 valence electrons. The summed E-state index contributed by atoms with van der Waals surface area (Å²) < 4.78 is 0. The van der Waals surface area contributed by atoms with Crippen LogP contribution in [0.15, 0.2) is 24.3 Å². The van der Waals surface area contributed by atoms with Crippen molar-refractivity contribution in [3.05, 3.63) is 34.9 Å². The van der Waals surface area contributed by atoms with Crippen molar-refractivity contribution in [2.45, 2.75) is 25.8 Å². The highest BCUT2D eigenvalue weighted by Crippen LogP contribution is 2.15. The Morgan fingerprint density at radius 1 is 1.50 bits per heavy atom. The number of amides is 1. The summed E-state index contributed by atoms with van der Waals surface area (Å²) in [4.78, 5) is 11.9. The van der Waals surface area contributed by atoms with E-state index in [2.05, 4.69) is 28.2 Å². The Hall–Kier alpha value is -0.540. The zero-order chi connectivity index (χ0) is 12.0. The molecule has 0 aliphatic heterocycles. The van der Waals surface area contributed by atoms with Crippen LogP contribution in [0, 0.1) is 0 Å².